The summed E-state index contributed by atoms with van der Waals surface area (Å²) < 4.78 is 16.8. The number of H-pyrrole nitrogens is 1. The van der Waals surface area contributed by atoms with Crippen LogP contribution in [0.15, 0.2) is 66.9 Å². The number of carbonyl (C=O) groups excluding carboxylic acids is 2. The summed E-state index contributed by atoms with van der Waals surface area (Å²) in [5, 5.41) is 4.86. The lowest BCUT2D eigenvalue weighted by atomic mass is 9.94. The minimum Gasteiger partial charge on any atom is -0.493 e. The zero-order valence-corrected chi connectivity index (χ0v) is 25.6. The molecule has 2 N–H and O–H groups in total. The molecular formula is C34H38ClN3O5. The van der Waals surface area contributed by atoms with E-state index in [1.807, 2.05) is 30.5 Å². The molecule has 0 aliphatic heterocycles. The Morgan fingerprint density at radius 3 is 2.28 bits per heavy atom. The first-order valence-corrected chi connectivity index (χ1v) is 15.0. The van der Waals surface area contributed by atoms with Crippen LogP contribution in [-0.4, -0.2) is 44.2 Å². The van der Waals surface area contributed by atoms with E-state index < -0.39 is 6.04 Å². The van der Waals surface area contributed by atoms with E-state index >= 15 is 0 Å². The number of methoxy groups -OCH3 is 3. The number of carbonyl (C=O) groups is 2. The Morgan fingerprint density at radius 2 is 1.63 bits per heavy atom. The van der Waals surface area contributed by atoms with Gasteiger partial charge in [-0.2, -0.15) is 0 Å². The molecule has 1 heterocycles. The van der Waals surface area contributed by atoms with Crippen LogP contribution < -0.4 is 24.4 Å². The number of aromatic amines is 1. The van der Waals surface area contributed by atoms with Crippen LogP contribution >= 0.6 is 11.6 Å². The molecule has 1 atom stereocenters. The zero-order valence-electron chi connectivity index (χ0n) is 24.8. The van der Waals surface area contributed by atoms with Gasteiger partial charge < -0.3 is 24.5 Å². The summed E-state index contributed by atoms with van der Waals surface area (Å²) in [7, 11) is 4.59. The van der Waals surface area contributed by atoms with Gasteiger partial charge in [-0.3, -0.25) is 14.5 Å². The van der Waals surface area contributed by atoms with E-state index in [0.717, 1.165) is 48.6 Å². The lowest BCUT2D eigenvalue weighted by Crippen LogP contribution is -2.47. The summed E-state index contributed by atoms with van der Waals surface area (Å²) in [4.78, 5) is 33.5. The van der Waals surface area contributed by atoms with Gasteiger partial charge in [0.25, 0.3) is 0 Å². The summed E-state index contributed by atoms with van der Waals surface area (Å²) in [5.74, 6) is 0.731. The molecule has 0 radical (unpaired) electrons. The monoisotopic (exact) mass is 603 g/mol. The first-order chi connectivity index (χ1) is 20.9. The maximum Gasteiger partial charge on any atom is 0.248 e. The predicted molar refractivity (Wildman–Crippen MR) is 169 cm³/mol. The molecule has 1 aliphatic rings. The van der Waals surface area contributed by atoms with Gasteiger partial charge in [0.1, 0.15) is 6.04 Å². The molecule has 0 saturated heterocycles. The van der Waals surface area contributed by atoms with E-state index in [9.17, 15) is 9.59 Å². The smallest absolute Gasteiger partial charge is 0.248 e. The van der Waals surface area contributed by atoms with Gasteiger partial charge >= 0.3 is 0 Å². The molecule has 9 heteroatoms. The number of hydrogen-bond acceptors (Lipinski definition) is 5. The van der Waals surface area contributed by atoms with Crippen molar-refractivity contribution in [2.24, 2.45) is 0 Å². The van der Waals surface area contributed by atoms with Crippen molar-refractivity contribution in [2.45, 2.75) is 57.0 Å². The number of nitrogens with zero attached hydrogens (tertiary/aromatic N) is 1. The summed E-state index contributed by atoms with van der Waals surface area (Å²) in [6.45, 7) is 0. The minimum atomic E-state index is -1.01. The second-order valence-electron chi connectivity index (χ2n) is 10.8. The first kappa shape index (κ1) is 30.3. The van der Waals surface area contributed by atoms with Crippen molar-refractivity contribution < 1.29 is 23.8 Å². The maximum absolute atomic E-state index is 14.3. The third kappa shape index (κ3) is 6.75. The number of rotatable bonds is 11. The van der Waals surface area contributed by atoms with Gasteiger partial charge in [-0.05, 0) is 72.9 Å². The fourth-order valence-electron chi connectivity index (χ4n) is 5.94. The minimum absolute atomic E-state index is 0.0409. The van der Waals surface area contributed by atoms with Gasteiger partial charge in [0.2, 0.25) is 17.6 Å². The van der Waals surface area contributed by atoms with Crippen molar-refractivity contribution in [3.63, 3.8) is 0 Å². The van der Waals surface area contributed by atoms with Crippen LogP contribution in [0.5, 0.6) is 17.2 Å². The Morgan fingerprint density at radius 1 is 0.953 bits per heavy atom. The Bertz CT molecular complexity index is 1540. The molecule has 43 heavy (non-hydrogen) atoms. The largest absolute Gasteiger partial charge is 0.493 e. The fourth-order valence-corrected chi connectivity index (χ4v) is 6.07. The van der Waals surface area contributed by atoms with Gasteiger partial charge in [-0.25, -0.2) is 0 Å². The van der Waals surface area contributed by atoms with E-state index in [2.05, 4.69) is 10.3 Å². The van der Waals surface area contributed by atoms with Gasteiger partial charge in [-0.15, -0.1) is 0 Å². The standard InChI is InChI=1S/C34H38ClN3O5/c1-41-29-19-23(20-30(42-2)33(29)43-3)32(34(40)37-25-9-5-4-6-10-25)38(26-16-14-24(35)15-17-26)31(39)18-13-22-21-36-28-12-8-7-11-27(22)28/h7-8,11-12,14-17,19-21,25,32,36H,4-6,9-10,13,18H2,1-3H3,(H,37,40)/t32-/m0/s1. The van der Waals surface area contributed by atoms with Crippen molar-refractivity contribution in [3.8, 4) is 17.2 Å². The molecule has 1 saturated carbocycles. The number of fused-ring (bicyclic) bond motifs is 1. The summed E-state index contributed by atoms with van der Waals surface area (Å²) in [6, 6.07) is 17.5. The maximum atomic E-state index is 14.3. The molecule has 1 aliphatic carbocycles. The predicted octanol–water partition coefficient (Wildman–Crippen LogP) is 7.00. The Labute approximate surface area is 257 Å². The van der Waals surface area contributed by atoms with Gasteiger partial charge in [0.15, 0.2) is 11.5 Å². The molecular weight excluding hydrogens is 566 g/mol. The van der Waals surface area contributed by atoms with E-state index in [1.54, 1.807) is 41.3 Å². The summed E-state index contributed by atoms with van der Waals surface area (Å²) in [5.41, 5.74) is 3.15. The van der Waals surface area contributed by atoms with Crippen molar-refractivity contribution in [1.29, 1.82) is 0 Å². The second-order valence-corrected chi connectivity index (χ2v) is 11.2. The number of amides is 2. The van der Waals surface area contributed by atoms with Crippen molar-refractivity contribution in [2.75, 3.05) is 26.2 Å². The molecule has 1 fully saturated rings. The molecule has 3 aromatic carbocycles. The van der Waals surface area contributed by atoms with Gasteiger partial charge in [0.05, 0.1) is 21.3 Å². The average Bonchev–Trinajstić information content (AvgIpc) is 3.45. The van der Waals surface area contributed by atoms with Crippen LogP contribution in [0.3, 0.4) is 0 Å². The Hall–Kier alpha value is -4.17. The molecule has 2 amide bonds. The molecule has 4 aromatic rings. The van der Waals surface area contributed by atoms with Crippen LogP contribution in [0.2, 0.25) is 5.02 Å². The van der Waals surface area contributed by atoms with E-state index in [0.29, 0.717) is 39.9 Å². The Kier molecular flexibility index (Phi) is 9.77. The molecule has 0 bridgehead atoms. The van der Waals surface area contributed by atoms with E-state index in [4.69, 9.17) is 25.8 Å². The molecule has 226 valence electrons. The molecule has 0 unspecified atom stereocenters. The number of ether oxygens (including phenoxy) is 3. The Balaban J connectivity index is 1.58. The van der Waals surface area contributed by atoms with E-state index in [1.165, 1.54) is 21.3 Å². The van der Waals surface area contributed by atoms with Crippen molar-refractivity contribution >= 4 is 40.0 Å². The number of nitrogens with one attached hydrogen (secondary N) is 2. The van der Waals surface area contributed by atoms with Crippen LogP contribution in [-0.2, 0) is 16.0 Å². The highest BCUT2D eigenvalue weighted by Gasteiger charge is 2.35. The van der Waals surface area contributed by atoms with Gasteiger partial charge in [0, 0.05) is 40.3 Å². The highest BCUT2D eigenvalue weighted by atomic mass is 35.5. The average molecular weight is 604 g/mol. The van der Waals surface area contributed by atoms with E-state index in [-0.39, 0.29) is 24.3 Å². The van der Waals surface area contributed by atoms with Crippen LogP contribution in [0.1, 0.15) is 55.7 Å². The molecule has 0 spiro atoms. The molecule has 5 rings (SSSR count). The SMILES string of the molecule is COc1cc([C@@H](C(=O)NC2CCCCC2)N(C(=O)CCc2c[nH]c3ccccc23)c2ccc(Cl)cc2)cc(OC)c1OC. The number of hydrogen-bond donors (Lipinski definition) is 2. The highest BCUT2D eigenvalue weighted by molar-refractivity contribution is 6.30. The number of aromatic nitrogens is 1. The van der Waals surface area contributed by atoms with Crippen molar-refractivity contribution in [1.82, 2.24) is 10.3 Å². The van der Waals surface area contributed by atoms with Crippen LogP contribution in [0.25, 0.3) is 10.9 Å². The van der Waals surface area contributed by atoms with Crippen molar-refractivity contribution in [3.05, 3.63) is 83.0 Å². The lowest BCUT2D eigenvalue weighted by molar-refractivity contribution is -0.127. The number of benzene rings is 3. The third-order valence-electron chi connectivity index (χ3n) is 8.12. The first-order valence-electron chi connectivity index (χ1n) is 14.7. The number of anilines is 1. The summed E-state index contributed by atoms with van der Waals surface area (Å²) >= 11 is 6.25. The fraction of sp³-hybridized carbons (Fsp3) is 0.353. The zero-order chi connectivity index (χ0) is 30.3. The van der Waals surface area contributed by atoms with Crippen LogP contribution in [0.4, 0.5) is 5.69 Å². The van der Waals surface area contributed by atoms with Gasteiger partial charge in [-0.1, -0.05) is 49.1 Å². The topological polar surface area (TPSA) is 92.9 Å². The number of halogens is 1. The third-order valence-corrected chi connectivity index (χ3v) is 8.37. The lowest BCUT2D eigenvalue weighted by Gasteiger charge is -2.34. The molecule has 8 nitrogen and oxygen atoms in total. The van der Waals surface area contributed by atoms with Crippen LogP contribution in [0, 0.1) is 0 Å². The summed E-state index contributed by atoms with van der Waals surface area (Å²) in [6.07, 6.45) is 7.71. The molecule has 1 aromatic heterocycles. The quantitative estimate of drug-likeness (QED) is 0.192. The normalized spacial score (nSPS) is 14.2. The number of aryl methyl sites for hydroxylation is 1. The highest BCUT2D eigenvalue weighted by Crippen LogP contribution is 2.42. The second kappa shape index (κ2) is 13.9. The number of para-hydroxylation sites is 1.